The molecule has 0 spiro atoms. The number of hydrogen-bond acceptors (Lipinski definition) is 3. The lowest BCUT2D eigenvalue weighted by atomic mass is 10.1. The predicted molar refractivity (Wildman–Crippen MR) is 91.6 cm³/mol. The van der Waals surface area contributed by atoms with Gasteiger partial charge in [0, 0.05) is 11.1 Å². The zero-order chi connectivity index (χ0) is 14.2. The van der Waals surface area contributed by atoms with E-state index in [1.165, 1.54) is 21.0 Å². The molecule has 0 aliphatic heterocycles. The van der Waals surface area contributed by atoms with Gasteiger partial charge in [-0.25, -0.2) is 4.98 Å². The maximum atomic E-state index is 4.69. The first-order valence-corrected chi connectivity index (χ1v) is 7.73. The Morgan fingerprint density at radius 3 is 2.57 bits per heavy atom. The minimum absolute atomic E-state index is 0.935. The average molecular weight is 290 g/mol. The molecule has 0 saturated heterocycles. The molecule has 1 aromatic heterocycles. The Morgan fingerprint density at radius 1 is 0.905 bits per heavy atom. The van der Waals surface area contributed by atoms with Crippen LogP contribution in [0.15, 0.2) is 60.7 Å². The van der Waals surface area contributed by atoms with Crippen LogP contribution in [0.1, 0.15) is 5.56 Å². The van der Waals surface area contributed by atoms with Crippen LogP contribution in [0.4, 0.5) is 10.8 Å². The molecule has 0 bridgehead atoms. The van der Waals surface area contributed by atoms with Gasteiger partial charge in [0.05, 0.1) is 10.2 Å². The molecule has 0 unspecified atom stereocenters. The lowest BCUT2D eigenvalue weighted by Crippen LogP contribution is -1.88. The van der Waals surface area contributed by atoms with E-state index in [0.29, 0.717) is 0 Å². The molecule has 1 N–H and O–H groups in total. The Balaban J connectivity index is 1.79. The van der Waals surface area contributed by atoms with Crippen molar-refractivity contribution < 1.29 is 0 Å². The van der Waals surface area contributed by atoms with Crippen LogP contribution in [-0.2, 0) is 0 Å². The number of nitrogens with zero attached hydrogens (tertiary/aromatic N) is 1. The SMILES string of the molecule is Cc1ccc(Nc2nc3ccc4ccccc4c3s2)cc1. The first kappa shape index (κ1) is 12.4. The van der Waals surface area contributed by atoms with E-state index < -0.39 is 0 Å². The van der Waals surface area contributed by atoms with Crippen LogP contribution in [-0.4, -0.2) is 4.98 Å². The molecular weight excluding hydrogens is 276 g/mol. The number of fused-ring (bicyclic) bond motifs is 3. The molecule has 1 heterocycles. The van der Waals surface area contributed by atoms with Crippen LogP contribution < -0.4 is 5.32 Å². The summed E-state index contributed by atoms with van der Waals surface area (Å²) in [6, 6.07) is 21.0. The van der Waals surface area contributed by atoms with E-state index in [0.717, 1.165) is 16.3 Å². The second kappa shape index (κ2) is 4.86. The van der Waals surface area contributed by atoms with Gasteiger partial charge in [0.25, 0.3) is 0 Å². The van der Waals surface area contributed by atoms with Gasteiger partial charge >= 0.3 is 0 Å². The van der Waals surface area contributed by atoms with Gasteiger partial charge < -0.3 is 5.32 Å². The smallest absolute Gasteiger partial charge is 0.188 e. The fraction of sp³-hybridized carbons (Fsp3) is 0.0556. The fourth-order valence-corrected chi connectivity index (χ4v) is 3.49. The lowest BCUT2D eigenvalue weighted by Gasteiger charge is -2.01. The first-order chi connectivity index (χ1) is 10.3. The van der Waals surface area contributed by atoms with Crippen molar-refractivity contribution in [2.45, 2.75) is 6.92 Å². The van der Waals surface area contributed by atoms with E-state index in [-0.39, 0.29) is 0 Å². The molecule has 0 fully saturated rings. The summed E-state index contributed by atoms with van der Waals surface area (Å²) in [5.74, 6) is 0. The monoisotopic (exact) mass is 290 g/mol. The zero-order valence-electron chi connectivity index (χ0n) is 11.6. The highest BCUT2D eigenvalue weighted by Crippen LogP contribution is 2.33. The second-order valence-corrected chi connectivity index (χ2v) is 6.14. The van der Waals surface area contributed by atoms with E-state index in [1.54, 1.807) is 11.3 Å². The number of anilines is 2. The third-order valence-corrected chi connectivity index (χ3v) is 4.60. The normalized spacial score (nSPS) is 11.1. The second-order valence-electron chi connectivity index (χ2n) is 5.14. The summed E-state index contributed by atoms with van der Waals surface area (Å²) in [7, 11) is 0. The molecule has 0 aliphatic carbocycles. The van der Waals surface area contributed by atoms with Crippen LogP contribution >= 0.6 is 11.3 Å². The van der Waals surface area contributed by atoms with Crippen molar-refractivity contribution in [2.75, 3.05) is 5.32 Å². The van der Waals surface area contributed by atoms with Crippen molar-refractivity contribution in [2.24, 2.45) is 0 Å². The molecule has 4 aromatic rings. The van der Waals surface area contributed by atoms with E-state index in [1.807, 2.05) is 0 Å². The molecule has 4 rings (SSSR count). The summed E-state index contributed by atoms with van der Waals surface area (Å²) in [4.78, 5) is 4.69. The molecule has 102 valence electrons. The third kappa shape index (κ3) is 2.26. The molecule has 21 heavy (non-hydrogen) atoms. The van der Waals surface area contributed by atoms with Crippen LogP contribution in [0.25, 0.3) is 21.0 Å². The first-order valence-electron chi connectivity index (χ1n) is 6.91. The zero-order valence-corrected chi connectivity index (χ0v) is 12.4. The van der Waals surface area contributed by atoms with Crippen LogP contribution in [0.3, 0.4) is 0 Å². The Hall–Kier alpha value is -2.39. The lowest BCUT2D eigenvalue weighted by molar-refractivity contribution is 1.42. The van der Waals surface area contributed by atoms with E-state index in [2.05, 4.69) is 77.9 Å². The largest absolute Gasteiger partial charge is 0.332 e. The molecule has 0 aliphatic rings. The number of benzene rings is 3. The molecule has 0 amide bonds. The highest BCUT2D eigenvalue weighted by Gasteiger charge is 2.07. The van der Waals surface area contributed by atoms with Crippen molar-refractivity contribution in [1.29, 1.82) is 0 Å². The molecule has 0 saturated carbocycles. The molecule has 0 atom stereocenters. The van der Waals surface area contributed by atoms with E-state index in [4.69, 9.17) is 0 Å². The van der Waals surface area contributed by atoms with Gasteiger partial charge in [0.1, 0.15) is 0 Å². The van der Waals surface area contributed by atoms with Crippen molar-refractivity contribution in [3.63, 3.8) is 0 Å². The van der Waals surface area contributed by atoms with Crippen molar-refractivity contribution >= 4 is 43.1 Å². The quantitative estimate of drug-likeness (QED) is 0.527. The minimum Gasteiger partial charge on any atom is -0.332 e. The molecule has 2 nitrogen and oxygen atoms in total. The Morgan fingerprint density at radius 2 is 1.71 bits per heavy atom. The van der Waals surface area contributed by atoms with Gasteiger partial charge in [-0.2, -0.15) is 0 Å². The molecule has 0 radical (unpaired) electrons. The number of nitrogens with one attached hydrogen (secondary N) is 1. The average Bonchev–Trinajstić information content (AvgIpc) is 2.92. The van der Waals surface area contributed by atoms with Gasteiger partial charge in [0.15, 0.2) is 5.13 Å². The fourth-order valence-electron chi connectivity index (χ4n) is 2.47. The van der Waals surface area contributed by atoms with E-state index in [9.17, 15) is 0 Å². The number of hydrogen-bond donors (Lipinski definition) is 1. The minimum atomic E-state index is 0.935. The predicted octanol–water partition coefficient (Wildman–Crippen LogP) is 5.50. The maximum absolute atomic E-state index is 4.69. The third-order valence-electron chi connectivity index (χ3n) is 3.58. The van der Waals surface area contributed by atoms with Gasteiger partial charge in [-0.05, 0) is 30.5 Å². The summed E-state index contributed by atoms with van der Waals surface area (Å²) in [5.41, 5.74) is 3.38. The van der Waals surface area contributed by atoms with Crippen LogP contribution in [0, 0.1) is 6.92 Å². The number of thiazole rings is 1. The highest BCUT2D eigenvalue weighted by atomic mass is 32.1. The summed E-state index contributed by atoms with van der Waals surface area (Å²) < 4.78 is 1.24. The molecule has 3 heteroatoms. The van der Waals surface area contributed by atoms with E-state index >= 15 is 0 Å². The standard InChI is InChI=1S/C18H14N2S/c1-12-6-9-14(10-7-12)19-18-20-16-11-8-13-4-2-3-5-15(13)17(16)21-18/h2-11H,1H3,(H,19,20). The summed E-state index contributed by atoms with van der Waals surface area (Å²) in [5, 5.41) is 6.86. The topological polar surface area (TPSA) is 24.9 Å². The highest BCUT2D eigenvalue weighted by molar-refractivity contribution is 7.23. The summed E-state index contributed by atoms with van der Waals surface area (Å²) >= 11 is 1.70. The number of aromatic nitrogens is 1. The van der Waals surface area contributed by atoms with Gasteiger partial charge in [0.2, 0.25) is 0 Å². The van der Waals surface area contributed by atoms with Crippen LogP contribution in [0.2, 0.25) is 0 Å². The summed E-state index contributed by atoms with van der Waals surface area (Å²) in [6.07, 6.45) is 0. The number of aryl methyl sites for hydroxylation is 1. The number of rotatable bonds is 2. The maximum Gasteiger partial charge on any atom is 0.188 e. The van der Waals surface area contributed by atoms with Gasteiger partial charge in [-0.3, -0.25) is 0 Å². The van der Waals surface area contributed by atoms with Crippen molar-refractivity contribution in [3.8, 4) is 0 Å². The molecule has 3 aromatic carbocycles. The Labute approximate surface area is 127 Å². The molecular formula is C18H14N2S. The van der Waals surface area contributed by atoms with Crippen molar-refractivity contribution in [3.05, 3.63) is 66.2 Å². The van der Waals surface area contributed by atoms with Crippen molar-refractivity contribution in [1.82, 2.24) is 4.98 Å². The Kier molecular flexibility index (Phi) is 2.86. The van der Waals surface area contributed by atoms with Gasteiger partial charge in [-0.1, -0.05) is 59.4 Å². The van der Waals surface area contributed by atoms with Crippen LogP contribution in [0.5, 0.6) is 0 Å². The Bertz CT molecular complexity index is 923. The van der Waals surface area contributed by atoms with Gasteiger partial charge in [-0.15, -0.1) is 0 Å². The summed E-state index contributed by atoms with van der Waals surface area (Å²) in [6.45, 7) is 2.09.